The molecule has 0 fully saturated rings. The number of phenolic OH excluding ortho intramolecular Hbond substituents is 3. The molecule has 0 bridgehead atoms. The highest BCUT2D eigenvalue weighted by Gasteiger charge is 2.13. The van der Waals surface area contributed by atoms with Crippen molar-refractivity contribution in [2.45, 2.75) is 45.4 Å². The Hall–Kier alpha value is -2.17. The summed E-state index contributed by atoms with van der Waals surface area (Å²) in [5.41, 5.74) is -0.0320. The summed E-state index contributed by atoms with van der Waals surface area (Å²) in [6.45, 7) is 2.16. The molecule has 0 atom stereocenters. The summed E-state index contributed by atoms with van der Waals surface area (Å²) < 4.78 is 4.88. The predicted octanol–water partition coefficient (Wildman–Crippen LogP) is 3.83. The van der Waals surface area contributed by atoms with Crippen LogP contribution in [-0.2, 0) is 4.74 Å². The van der Waals surface area contributed by atoms with Gasteiger partial charge in [0.25, 0.3) is 0 Å². The van der Waals surface area contributed by atoms with Crippen molar-refractivity contribution < 1.29 is 24.9 Å². The van der Waals surface area contributed by atoms with Crippen molar-refractivity contribution in [2.24, 2.45) is 0 Å². The van der Waals surface area contributed by atoms with Gasteiger partial charge in [0.1, 0.15) is 0 Å². The molecule has 5 heteroatoms. The highest BCUT2D eigenvalue weighted by Crippen LogP contribution is 2.35. The van der Waals surface area contributed by atoms with Crippen molar-refractivity contribution in [3.63, 3.8) is 0 Å². The van der Waals surface area contributed by atoms with E-state index < -0.39 is 23.2 Å². The van der Waals surface area contributed by atoms with E-state index >= 15 is 0 Å². The largest absolute Gasteiger partial charge is 0.504 e. The van der Waals surface area contributed by atoms with Gasteiger partial charge >= 0.3 is 5.97 Å². The normalized spacial score (nSPS) is 10.9. The van der Waals surface area contributed by atoms with Crippen LogP contribution in [0, 0.1) is 0 Å². The van der Waals surface area contributed by atoms with E-state index in [1.54, 1.807) is 6.08 Å². The number of hydrogen-bond acceptors (Lipinski definition) is 5. The third kappa shape index (κ3) is 5.77. The van der Waals surface area contributed by atoms with Gasteiger partial charge in [0.2, 0.25) is 0 Å². The fraction of sp³-hybridized carbons (Fsp3) is 0.438. The summed E-state index contributed by atoms with van der Waals surface area (Å²) in [5.74, 6) is -2.50. The van der Waals surface area contributed by atoms with Crippen molar-refractivity contribution in [1.29, 1.82) is 0 Å². The minimum atomic E-state index is -0.706. The zero-order chi connectivity index (χ0) is 15.7. The Balaban J connectivity index is 2.37. The highest BCUT2D eigenvalue weighted by atomic mass is 16.5. The first-order chi connectivity index (χ1) is 10.1. The molecule has 5 nitrogen and oxygen atoms in total. The molecule has 0 spiro atoms. The summed E-state index contributed by atoms with van der Waals surface area (Å²) in [5, 5.41) is 27.8. The maximum Gasteiger partial charge on any atom is 0.343 e. The highest BCUT2D eigenvalue weighted by molar-refractivity contribution is 5.91. The van der Waals surface area contributed by atoms with Crippen LogP contribution in [0.3, 0.4) is 0 Å². The Morgan fingerprint density at radius 3 is 2.33 bits per heavy atom. The Morgan fingerprint density at radius 1 is 1.10 bits per heavy atom. The van der Waals surface area contributed by atoms with E-state index in [-0.39, 0.29) is 5.56 Å². The second-order valence-electron chi connectivity index (χ2n) is 4.84. The summed E-state index contributed by atoms with van der Waals surface area (Å²) >= 11 is 0. The van der Waals surface area contributed by atoms with Gasteiger partial charge in [-0.05, 0) is 31.1 Å². The quantitative estimate of drug-likeness (QED) is 0.293. The zero-order valence-corrected chi connectivity index (χ0v) is 12.2. The number of carbonyl (C=O) groups excluding carboxylic acids is 1. The first-order valence-electron chi connectivity index (χ1n) is 7.17. The van der Waals surface area contributed by atoms with Crippen LogP contribution in [0.25, 0.3) is 0 Å². The van der Waals surface area contributed by atoms with E-state index in [4.69, 9.17) is 4.74 Å². The smallest absolute Gasteiger partial charge is 0.343 e. The number of hydrogen-bond donors (Lipinski definition) is 3. The van der Waals surface area contributed by atoms with E-state index in [1.165, 1.54) is 25.5 Å². The molecule has 21 heavy (non-hydrogen) atoms. The monoisotopic (exact) mass is 294 g/mol. The maximum atomic E-state index is 11.7. The van der Waals surface area contributed by atoms with Gasteiger partial charge in [0.05, 0.1) is 11.8 Å². The van der Waals surface area contributed by atoms with Gasteiger partial charge in [-0.25, -0.2) is 4.79 Å². The lowest BCUT2D eigenvalue weighted by Gasteiger charge is -2.04. The van der Waals surface area contributed by atoms with Gasteiger partial charge in [-0.2, -0.15) is 0 Å². The number of esters is 1. The van der Waals surface area contributed by atoms with Crippen LogP contribution < -0.4 is 0 Å². The van der Waals surface area contributed by atoms with Gasteiger partial charge in [-0.3, -0.25) is 0 Å². The summed E-state index contributed by atoms with van der Waals surface area (Å²) in [6.07, 6.45) is 9.79. The molecular formula is C16H22O5. The molecule has 0 heterocycles. The van der Waals surface area contributed by atoms with Gasteiger partial charge in [-0.15, -0.1) is 0 Å². The number of phenols is 3. The second-order valence-corrected chi connectivity index (χ2v) is 4.84. The maximum absolute atomic E-state index is 11.7. The molecule has 1 aromatic carbocycles. The first kappa shape index (κ1) is 16.9. The molecule has 0 aliphatic rings. The Bertz CT molecular complexity index is 470. The van der Waals surface area contributed by atoms with Gasteiger partial charge in [0, 0.05) is 0 Å². The molecular weight excluding hydrogens is 272 g/mol. The number of rotatable bonds is 8. The molecule has 0 amide bonds. The fourth-order valence-electron chi connectivity index (χ4n) is 1.83. The van der Waals surface area contributed by atoms with Crippen LogP contribution in [0.5, 0.6) is 17.2 Å². The minimum Gasteiger partial charge on any atom is -0.504 e. The average Bonchev–Trinajstić information content (AvgIpc) is 2.46. The second kappa shape index (κ2) is 8.89. The zero-order valence-electron chi connectivity index (χ0n) is 12.2. The Morgan fingerprint density at radius 2 is 1.71 bits per heavy atom. The molecule has 0 saturated heterocycles. The van der Waals surface area contributed by atoms with Crippen molar-refractivity contribution >= 4 is 5.97 Å². The van der Waals surface area contributed by atoms with Crippen molar-refractivity contribution in [3.05, 3.63) is 30.0 Å². The fourth-order valence-corrected chi connectivity index (χ4v) is 1.83. The van der Waals surface area contributed by atoms with Crippen molar-refractivity contribution in [2.75, 3.05) is 0 Å². The van der Waals surface area contributed by atoms with E-state index in [2.05, 4.69) is 6.92 Å². The number of ether oxygens (including phenoxy) is 1. The molecule has 0 aliphatic carbocycles. The van der Waals surface area contributed by atoms with Crippen LogP contribution in [0.4, 0.5) is 0 Å². The number of allylic oxidation sites excluding steroid dienone is 1. The predicted molar refractivity (Wildman–Crippen MR) is 79.4 cm³/mol. The molecule has 1 aromatic rings. The molecule has 0 aromatic heterocycles. The SMILES string of the molecule is CCCCCCC/C=C/OC(=O)c1cc(O)c(O)c(O)c1. The number of unbranched alkanes of at least 4 members (excludes halogenated alkanes) is 5. The van der Waals surface area contributed by atoms with Crippen molar-refractivity contribution in [1.82, 2.24) is 0 Å². The van der Waals surface area contributed by atoms with Crippen LogP contribution in [0.1, 0.15) is 55.8 Å². The lowest BCUT2D eigenvalue weighted by Crippen LogP contribution is -2.00. The lowest BCUT2D eigenvalue weighted by atomic mass is 10.1. The Kier molecular flexibility index (Phi) is 7.15. The summed E-state index contributed by atoms with van der Waals surface area (Å²) in [4.78, 5) is 11.7. The number of benzene rings is 1. The van der Waals surface area contributed by atoms with E-state index in [0.717, 1.165) is 31.4 Å². The third-order valence-corrected chi connectivity index (χ3v) is 3.05. The van der Waals surface area contributed by atoms with Crippen LogP contribution in [0.2, 0.25) is 0 Å². The van der Waals surface area contributed by atoms with Crippen LogP contribution in [0.15, 0.2) is 24.5 Å². The van der Waals surface area contributed by atoms with Gasteiger partial charge in [-0.1, -0.05) is 32.6 Å². The Labute approximate surface area is 124 Å². The topological polar surface area (TPSA) is 87.0 Å². The summed E-state index contributed by atoms with van der Waals surface area (Å²) in [6, 6.07) is 2.08. The molecule has 0 radical (unpaired) electrons. The molecule has 3 N–H and O–H groups in total. The summed E-state index contributed by atoms with van der Waals surface area (Å²) in [7, 11) is 0. The molecule has 0 unspecified atom stereocenters. The van der Waals surface area contributed by atoms with E-state index in [0.29, 0.717) is 0 Å². The van der Waals surface area contributed by atoms with Crippen molar-refractivity contribution in [3.8, 4) is 17.2 Å². The first-order valence-corrected chi connectivity index (χ1v) is 7.17. The standard InChI is InChI=1S/C16H22O5/c1-2-3-4-5-6-7-8-9-21-16(20)12-10-13(17)15(19)14(18)11-12/h8-11,17-19H,2-7H2,1H3/b9-8+. The molecule has 0 saturated carbocycles. The van der Waals surface area contributed by atoms with Crippen LogP contribution >= 0.6 is 0 Å². The number of carbonyl (C=O) groups is 1. The van der Waals surface area contributed by atoms with Gasteiger partial charge in [0.15, 0.2) is 17.2 Å². The van der Waals surface area contributed by atoms with E-state index in [9.17, 15) is 20.1 Å². The number of aromatic hydroxyl groups is 3. The van der Waals surface area contributed by atoms with Gasteiger partial charge < -0.3 is 20.1 Å². The third-order valence-electron chi connectivity index (χ3n) is 3.05. The molecule has 0 aliphatic heterocycles. The minimum absolute atomic E-state index is 0.0320. The molecule has 1 rings (SSSR count). The van der Waals surface area contributed by atoms with Crippen LogP contribution in [-0.4, -0.2) is 21.3 Å². The molecule has 116 valence electrons. The van der Waals surface area contributed by atoms with E-state index in [1.807, 2.05) is 0 Å². The average molecular weight is 294 g/mol. The lowest BCUT2D eigenvalue weighted by molar-refractivity contribution is 0.0661.